The Morgan fingerprint density at radius 2 is 1.88 bits per heavy atom. The second-order valence-corrected chi connectivity index (χ2v) is 6.43. The van der Waals surface area contributed by atoms with Gasteiger partial charge in [-0.25, -0.2) is 4.98 Å². The van der Waals surface area contributed by atoms with Gasteiger partial charge in [0.15, 0.2) is 0 Å². The molecule has 1 saturated heterocycles. The van der Waals surface area contributed by atoms with Gasteiger partial charge in [0.05, 0.1) is 0 Å². The van der Waals surface area contributed by atoms with E-state index in [-0.39, 0.29) is 11.8 Å². The van der Waals surface area contributed by atoms with E-state index in [4.69, 9.17) is 0 Å². The zero-order chi connectivity index (χ0) is 18.4. The number of hydrogen-bond donors (Lipinski definition) is 1. The molecule has 2 amide bonds. The summed E-state index contributed by atoms with van der Waals surface area (Å²) >= 11 is 0. The number of aryl methyl sites for hydroxylation is 1. The van der Waals surface area contributed by atoms with Gasteiger partial charge in [0.1, 0.15) is 5.82 Å². The zero-order valence-corrected chi connectivity index (χ0v) is 15.0. The van der Waals surface area contributed by atoms with Gasteiger partial charge in [-0.15, -0.1) is 0 Å². The molecule has 2 heterocycles. The largest absolute Gasteiger partial charge is 0.353 e. The second kappa shape index (κ2) is 8.47. The molecule has 136 valence electrons. The zero-order valence-electron chi connectivity index (χ0n) is 15.0. The minimum atomic E-state index is -0.138. The molecule has 6 nitrogen and oxygen atoms in total. The highest BCUT2D eigenvalue weighted by Gasteiger charge is 2.21. The fraction of sp³-hybridized carbons (Fsp3) is 0.350. The van der Waals surface area contributed by atoms with Crippen LogP contribution < -0.4 is 10.2 Å². The number of rotatable bonds is 5. The first kappa shape index (κ1) is 17.9. The fourth-order valence-corrected chi connectivity index (χ4v) is 3.06. The van der Waals surface area contributed by atoms with Gasteiger partial charge >= 0.3 is 0 Å². The minimum absolute atomic E-state index is 0.0789. The Bertz CT molecular complexity index is 755. The standard InChI is InChI=1S/C20H24N4O2/c1-16-5-4-6-17(15-16)20(26)22-10-8-19(25)24-13-11-23(12-14-24)18-7-2-3-9-21-18/h2-7,9,15H,8,10-14H2,1H3,(H,22,26). The lowest BCUT2D eigenvalue weighted by Crippen LogP contribution is -2.49. The van der Waals surface area contributed by atoms with E-state index in [1.165, 1.54) is 0 Å². The van der Waals surface area contributed by atoms with E-state index in [0.29, 0.717) is 31.6 Å². The normalized spacial score (nSPS) is 14.2. The van der Waals surface area contributed by atoms with Crippen LogP contribution in [0, 0.1) is 6.92 Å². The molecule has 1 aliphatic heterocycles. The third kappa shape index (κ3) is 4.59. The molecule has 0 aliphatic carbocycles. The average Bonchev–Trinajstić information content (AvgIpc) is 2.68. The Morgan fingerprint density at radius 3 is 2.58 bits per heavy atom. The van der Waals surface area contributed by atoms with Crippen LogP contribution in [0.25, 0.3) is 0 Å². The summed E-state index contributed by atoms with van der Waals surface area (Å²) in [6.45, 7) is 5.22. The summed E-state index contributed by atoms with van der Waals surface area (Å²) in [5.74, 6) is 0.890. The van der Waals surface area contributed by atoms with Crippen molar-refractivity contribution in [2.24, 2.45) is 0 Å². The van der Waals surface area contributed by atoms with E-state index in [2.05, 4.69) is 15.2 Å². The number of amides is 2. The molecular formula is C20H24N4O2. The molecule has 1 N–H and O–H groups in total. The smallest absolute Gasteiger partial charge is 0.251 e. The van der Waals surface area contributed by atoms with Crippen molar-refractivity contribution in [2.45, 2.75) is 13.3 Å². The van der Waals surface area contributed by atoms with Gasteiger partial charge < -0.3 is 15.1 Å². The summed E-state index contributed by atoms with van der Waals surface area (Å²) in [6.07, 6.45) is 2.10. The van der Waals surface area contributed by atoms with Crippen molar-refractivity contribution in [3.05, 3.63) is 59.8 Å². The number of hydrogen-bond acceptors (Lipinski definition) is 4. The van der Waals surface area contributed by atoms with Crippen LogP contribution in [0.1, 0.15) is 22.3 Å². The molecule has 0 unspecified atom stereocenters. The Labute approximate surface area is 153 Å². The van der Waals surface area contributed by atoms with Gasteiger partial charge in [-0.1, -0.05) is 23.8 Å². The molecule has 1 aromatic heterocycles. The van der Waals surface area contributed by atoms with E-state index in [9.17, 15) is 9.59 Å². The van der Waals surface area contributed by atoms with Crippen LogP contribution in [0.3, 0.4) is 0 Å². The van der Waals surface area contributed by atoms with Crippen LogP contribution in [0.15, 0.2) is 48.7 Å². The lowest BCUT2D eigenvalue weighted by molar-refractivity contribution is -0.131. The summed E-state index contributed by atoms with van der Waals surface area (Å²) in [4.78, 5) is 32.9. The molecule has 26 heavy (non-hydrogen) atoms. The van der Waals surface area contributed by atoms with Crippen molar-refractivity contribution in [2.75, 3.05) is 37.6 Å². The van der Waals surface area contributed by atoms with Crippen molar-refractivity contribution in [1.82, 2.24) is 15.2 Å². The van der Waals surface area contributed by atoms with Crippen molar-refractivity contribution in [3.8, 4) is 0 Å². The summed E-state index contributed by atoms with van der Waals surface area (Å²) in [5.41, 5.74) is 1.67. The molecule has 0 bridgehead atoms. The Kier molecular flexibility index (Phi) is 5.84. The molecule has 3 rings (SSSR count). The molecular weight excluding hydrogens is 328 g/mol. The van der Waals surface area contributed by atoms with Crippen LogP contribution in [0.2, 0.25) is 0 Å². The average molecular weight is 352 g/mol. The lowest BCUT2D eigenvalue weighted by Gasteiger charge is -2.35. The van der Waals surface area contributed by atoms with Crippen LogP contribution in [0.5, 0.6) is 0 Å². The van der Waals surface area contributed by atoms with Crippen molar-refractivity contribution >= 4 is 17.6 Å². The molecule has 2 aromatic rings. The first-order chi connectivity index (χ1) is 12.6. The van der Waals surface area contributed by atoms with Gasteiger partial charge in [0.2, 0.25) is 5.91 Å². The van der Waals surface area contributed by atoms with Gasteiger partial charge in [-0.2, -0.15) is 0 Å². The van der Waals surface area contributed by atoms with Crippen molar-refractivity contribution < 1.29 is 9.59 Å². The maximum Gasteiger partial charge on any atom is 0.251 e. The van der Waals surface area contributed by atoms with Gasteiger partial charge in [0.25, 0.3) is 5.91 Å². The number of carbonyl (C=O) groups excluding carboxylic acids is 2. The molecule has 0 saturated carbocycles. The number of nitrogens with one attached hydrogen (secondary N) is 1. The molecule has 0 spiro atoms. The Hall–Kier alpha value is -2.89. The molecule has 1 fully saturated rings. The van der Waals surface area contributed by atoms with E-state index < -0.39 is 0 Å². The molecule has 6 heteroatoms. The quantitative estimate of drug-likeness (QED) is 0.892. The minimum Gasteiger partial charge on any atom is -0.353 e. The van der Waals surface area contributed by atoms with E-state index in [1.807, 2.05) is 48.2 Å². The second-order valence-electron chi connectivity index (χ2n) is 6.43. The van der Waals surface area contributed by atoms with Crippen LogP contribution in [-0.2, 0) is 4.79 Å². The molecule has 1 aliphatic rings. The monoisotopic (exact) mass is 352 g/mol. The maximum absolute atomic E-state index is 12.4. The predicted octanol–water partition coefficient (Wildman–Crippen LogP) is 1.86. The molecule has 0 radical (unpaired) electrons. The van der Waals surface area contributed by atoms with Crippen LogP contribution in [0.4, 0.5) is 5.82 Å². The van der Waals surface area contributed by atoms with E-state index in [0.717, 1.165) is 24.5 Å². The van der Waals surface area contributed by atoms with Crippen molar-refractivity contribution in [1.29, 1.82) is 0 Å². The summed E-state index contributed by atoms with van der Waals surface area (Å²) in [7, 11) is 0. The highest BCUT2D eigenvalue weighted by molar-refractivity contribution is 5.94. The van der Waals surface area contributed by atoms with Gasteiger partial charge in [0, 0.05) is 50.9 Å². The Morgan fingerprint density at radius 1 is 1.08 bits per heavy atom. The highest BCUT2D eigenvalue weighted by Crippen LogP contribution is 2.13. The summed E-state index contributed by atoms with van der Waals surface area (Å²) in [5, 5.41) is 2.82. The van der Waals surface area contributed by atoms with E-state index >= 15 is 0 Å². The van der Waals surface area contributed by atoms with Gasteiger partial charge in [-0.3, -0.25) is 9.59 Å². The fourth-order valence-electron chi connectivity index (χ4n) is 3.06. The SMILES string of the molecule is Cc1cccc(C(=O)NCCC(=O)N2CCN(c3ccccn3)CC2)c1. The summed E-state index contributed by atoms with van der Waals surface area (Å²) in [6, 6.07) is 13.3. The summed E-state index contributed by atoms with van der Waals surface area (Å²) < 4.78 is 0. The number of benzene rings is 1. The first-order valence-corrected chi connectivity index (χ1v) is 8.92. The molecule has 0 atom stereocenters. The maximum atomic E-state index is 12.4. The highest BCUT2D eigenvalue weighted by atomic mass is 16.2. The van der Waals surface area contributed by atoms with Crippen LogP contribution >= 0.6 is 0 Å². The van der Waals surface area contributed by atoms with E-state index in [1.54, 1.807) is 12.3 Å². The number of piperazine rings is 1. The lowest BCUT2D eigenvalue weighted by atomic mass is 10.1. The third-order valence-electron chi connectivity index (χ3n) is 4.51. The number of pyridine rings is 1. The van der Waals surface area contributed by atoms with Crippen molar-refractivity contribution in [3.63, 3.8) is 0 Å². The Balaban J connectivity index is 1.41. The third-order valence-corrected chi connectivity index (χ3v) is 4.51. The first-order valence-electron chi connectivity index (χ1n) is 8.92. The van der Waals surface area contributed by atoms with Gasteiger partial charge in [-0.05, 0) is 31.2 Å². The predicted molar refractivity (Wildman–Crippen MR) is 101 cm³/mol. The molecule has 1 aromatic carbocycles. The van der Waals surface area contributed by atoms with Crippen LogP contribution in [-0.4, -0.2) is 54.4 Å². The number of anilines is 1. The number of aromatic nitrogens is 1. The number of carbonyl (C=O) groups is 2. The number of nitrogens with zero attached hydrogens (tertiary/aromatic N) is 3. The topological polar surface area (TPSA) is 65.5 Å².